The van der Waals surface area contributed by atoms with Gasteiger partial charge in [-0.2, -0.15) is 0 Å². The number of nitrogens with one attached hydrogen (secondary N) is 3. The normalized spacial score (nSPS) is 14.3. The van der Waals surface area contributed by atoms with Crippen molar-refractivity contribution in [2.45, 2.75) is 31.2 Å². The van der Waals surface area contributed by atoms with Gasteiger partial charge in [-0.05, 0) is 56.6 Å². The number of sulfone groups is 1. The smallest absolute Gasteiger partial charge is 0.245 e. The van der Waals surface area contributed by atoms with E-state index in [1.165, 1.54) is 7.05 Å². The van der Waals surface area contributed by atoms with Gasteiger partial charge in [-0.3, -0.25) is 4.79 Å². The first-order chi connectivity index (χ1) is 9.98. The van der Waals surface area contributed by atoms with Crippen LogP contribution in [0.1, 0.15) is 23.6 Å². The molecule has 22 heavy (non-hydrogen) atoms. The number of carbonyl (C=O) groups is 1. The molecule has 1 aromatic carbocycles. The second-order valence-electron chi connectivity index (χ2n) is 5.54. The van der Waals surface area contributed by atoms with Crippen LogP contribution < -0.4 is 10.6 Å². The zero-order valence-electron chi connectivity index (χ0n) is 13.8. The SMILES string of the molecule is CNC(=O)C(C)(NC)C(=N)c1cc(C)c(S(C)(=O)=O)c(C)c1. The Kier molecular flexibility index (Phi) is 5.14. The summed E-state index contributed by atoms with van der Waals surface area (Å²) in [5, 5.41) is 13.8. The third-order valence-electron chi connectivity index (χ3n) is 3.80. The maximum Gasteiger partial charge on any atom is 0.245 e. The Hall–Kier alpha value is -1.73. The lowest BCUT2D eigenvalue weighted by molar-refractivity contribution is -0.123. The summed E-state index contributed by atoms with van der Waals surface area (Å²) in [6, 6.07) is 3.26. The second kappa shape index (κ2) is 6.18. The van der Waals surface area contributed by atoms with E-state index in [1.807, 2.05) is 0 Å². The molecule has 7 heteroatoms. The standard InChI is InChI=1S/C15H23N3O3S/c1-9-7-11(8-10(2)12(9)22(6,20)21)13(16)15(3,18-5)14(19)17-4/h7-8,16,18H,1-6H3,(H,17,19). The molecule has 0 aliphatic heterocycles. The van der Waals surface area contributed by atoms with Crippen molar-refractivity contribution in [1.29, 1.82) is 5.41 Å². The highest BCUT2D eigenvalue weighted by molar-refractivity contribution is 7.90. The minimum atomic E-state index is -3.33. The van der Waals surface area contributed by atoms with Crippen LogP contribution in [0.4, 0.5) is 0 Å². The van der Waals surface area contributed by atoms with E-state index in [9.17, 15) is 13.2 Å². The van der Waals surface area contributed by atoms with Gasteiger partial charge in [0.15, 0.2) is 9.84 Å². The van der Waals surface area contributed by atoms with Crippen molar-refractivity contribution in [3.8, 4) is 0 Å². The molecule has 0 saturated heterocycles. The second-order valence-corrected chi connectivity index (χ2v) is 7.49. The number of hydrogen-bond acceptors (Lipinski definition) is 5. The van der Waals surface area contributed by atoms with Crippen LogP contribution in [-0.2, 0) is 14.6 Å². The van der Waals surface area contributed by atoms with Crippen molar-refractivity contribution in [3.05, 3.63) is 28.8 Å². The van der Waals surface area contributed by atoms with Gasteiger partial charge in [0.05, 0.1) is 10.6 Å². The summed E-state index contributed by atoms with van der Waals surface area (Å²) in [6.45, 7) is 5.00. The summed E-state index contributed by atoms with van der Waals surface area (Å²) in [7, 11) is -0.220. The molecule has 0 aliphatic rings. The van der Waals surface area contributed by atoms with Gasteiger partial charge < -0.3 is 16.0 Å². The predicted molar refractivity (Wildman–Crippen MR) is 87.4 cm³/mol. The lowest BCUT2D eigenvalue weighted by atomic mass is 9.88. The number of hydrogen-bond donors (Lipinski definition) is 3. The summed E-state index contributed by atoms with van der Waals surface area (Å²) in [5.41, 5.74) is 0.541. The van der Waals surface area contributed by atoms with Gasteiger partial charge >= 0.3 is 0 Å². The Morgan fingerprint density at radius 1 is 1.18 bits per heavy atom. The highest BCUT2D eigenvalue weighted by atomic mass is 32.2. The van der Waals surface area contributed by atoms with Gasteiger partial charge in [0.1, 0.15) is 5.54 Å². The molecule has 1 aromatic rings. The van der Waals surface area contributed by atoms with Gasteiger partial charge in [-0.1, -0.05) is 0 Å². The molecular formula is C15H23N3O3S. The number of likely N-dealkylation sites (N-methyl/N-ethyl adjacent to an activating group) is 2. The fraction of sp³-hybridized carbons (Fsp3) is 0.467. The Morgan fingerprint density at radius 3 is 1.95 bits per heavy atom. The van der Waals surface area contributed by atoms with E-state index in [0.717, 1.165) is 6.26 Å². The lowest BCUT2D eigenvalue weighted by Gasteiger charge is -2.28. The Balaban J connectivity index is 3.47. The largest absolute Gasteiger partial charge is 0.357 e. The van der Waals surface area contributed by atoms with E-state index in [1.54, 1.807) is 40.0 Å². The molecule has 0 radical (unpaired) electrons. The molecule has 0 spiro atoms. The maximum atomic E-state index is 12.1. The predicted octanol–water partition coefficient (Wildman–Crippen LogP) is 0.799. The third-order valence-corrected chi connectivity index (χ3v) is 5.19. The monoisotopic (exact) mass is 325 g/mol. The zero-order valence-corrected chi connectivity index (χ0v) is 14.6. The first kappa shape index (κ1) is 18.3. The van der Waals surface area contributed by atoms with E-state index in [4.69, 9.17) is 5.41 Å². The van der Waals surface area contributed by atoms with Crippen molar-refractivity contribution >= 4 is 21.5 Å². The summed E-state index contributed by atoms with van der Waals surface area (Å²) >= 11 is 0. The molecule has 1 rings (SSSR count). The average molecular weight is 325 g/mol. The highest BCUT2D eigenvalue weighted by Crippen LogP contribution is 2.24. The van der Waals surface area contributed by atoms with Crippen LogP contribution in [0.3, 0.4) is 0 Å². The Labute approximate surface area is 131 Å². The maximum absolute atomic E-state index is 12.1. The molecule has 6 nitrogen and oxygen atoms in total. The van der Waals surface area contributed by atoms with Crippen LogP contribution >= 0.6 is 0 Å². The number of carbonyl (C=O) groups excluding carboxylic acids is 1. The van der Waals surface area contributed by atoms with Crippen molar-refractivity contribution in [3.63, 3.8) is 0 Å². The molecule has 0 heterocycles. The van der Waals surface area contributed by atoms with E-state index in [2.05, 4.69) is 10.6 Å². The van der Waals surface area contributed by atoms with E-state index < -0.39 is 15.4 Å². The van der Waals surface area contributed by atoms with Crippen LogP contribution in [0.5, 0.6) is 0 Å². The molecule has 122 valence electrons. The first-order valence-electron chi connectivity index (χ1n) is 6.80. The minimum absolute atomic E-state index is 0.0839. The summed E-state index contributed by atoms with van der Waals surface area (Å²) in [5.74, 6) is -0.331. The van der Waals surface area contributed by atoms with Gasteiger partial charge in [0, 0.05) is 13.3 Å². The fourth-order valence-electron chi connectivity index (χ4n) is 2.57. The van der Waals surface area contributed by atoms with E-state index in [0.29, 0.717) is 16.7 Å². The molecule has 1 atom stereocenters. The molecule has 0 fully saturated rings. The Bertz CT molecular complexity index is 703. The lowest BCUT2D eigenvalue weighted by Crippen LogP contribution is -2.58. The van der Waals surface area contributed by atoms with Gasteiger partial charge in [-0.25, -0.2) is 8.42 Å². The number of amides is 1. The first-order valence-corrected chi connectivity index (χ1v) is 8.70. The quantitative estimate of drug-likeness (QED) is 0.697. The molecule has 0 saturated carbocycles. The fourth-order valence-corrected chi connectivity index (χ4v) is 3.86. The Morgan fingerprint density at radius 2 is 1.64 bits per heavy atom. The molecule has 0 aliphatic carbocycles. The van der Waals surface area contributed by atoms with Crippen molar-refractivity contribution in [2.75, 3.05) is 20.4 Å². The van der Waals surface area contributed by atoms with Crippen LogP contribution in [0.2, 0.25) is 0 Å². The van der Waals surface area contributed by atoms with Crippen molar-refractivity contribution in [2.24, 2.45) is 0 Å². The molecule has 1 amide bonds. The topological polar surface area (TPSA) is 99.1 Å². The van der Waals surface area contributed by atoms with Crippen LogP contribution in [0.25, 0.3) is 0 Å². The van der Waals surface area contributed by atoms with Crippen LogP contribution in [0, 0.1) is 19.3 Å². The zero-order chi connectivity index (χ0) is 17.3. The van der Waals surface area contributed by atoms with Crippen molar-refractivity contribution < 1.29 is 13.2 Å². The molecule has 3 N–H and O–H groups in total. The van der Waals surface area contributed by atoms with Gasteiger partial charge in [0.2, 0.25) is 5.91 Å². The average Bonchev–Trinajstić information content (AvgIpc) is 2.42. The minimum Gasteiger partial charge on any atom is -0.357 e. The summed E-state index contributed by atoms with van der Waals surface area (Å²) in [4.78, 5) is 12.3. The van der Waals surface area contributed by atoms with Crippen LogP contribution in [-0.4, -0.2) is 45.9 Å². The molecule has 0 bridgehead atoms. The number of benzene rings is 1. The molecule has 1 unspecified atom stereocenters. The van der Waals surface area contributed by atoms with E-state index >= 15 is 0 Å². The summed E-state index contributed by atoms with van der Waals surface area (Å²) in [6.07, 6.45) is 1.16. The third kappa shape index (κ3) is 3.20. The van der Waals surface area contributed by atoms with Crippen LogP contribution in [0.15, 0.2) is 17.0 Å². The highest BCUT2D eigenvalue weighted by Gasteiger charge is 2.36. The van der Waals surface area contributed by atoms with E-state index in [-0.39, 0.29) is 16.5 Å². The summed E-state index contributed by atoms with van der Waals surface area (Å²) < 4.78 is 23.7. The molecular weight excluding hydrogens is 302 g/mol. The number of aryl methyl sites for hydroxylation is 2. The number of rotatable bonds is 5. The van der Waals surface area contributed by atoms with Crippen molar-refractivity contribution in [1.82, 2.24) is 10.6 Å². The molecule has 0 aromatic heterocycles. The van der Waals surface area contributed by atoms with Gasteiger partial charge in [-0.15, -0.1) is 0 Å². The van der Waals surface area contributed by atoms with Gasteiger partial charge in [0.25, 0.3) is 0 Å².